The molecule has 0 bridgehead atoms. The van der Waals surface area contributed by atoms with Crippen molar-refractivity contribution in [2.24, 2.45) is 11.8 Å². The highest BCUT2D eigenvalue weighted by atomic mass is 19.1. The number of nitriles is 2. The van der Waals surface area contributed by atoms with Gasteiger partial charge in [-0.15, -0.1) is 0 Å². The van der Waals surface area contributed by atoms with Crippen LogP contribution in [0.5, 0.6) is 0 Å². The maximum atomic E-state index is 12.7. The highest BCUT2D eigenvalue weighted by Gasteiger charge is 2.25. The molecule has 1 aromatic rings. The molecule has 2 saturated carbocycles. The van der Waals surface area contributed by atoms with E-state index in [9.17, 15) is 4.39 Å². The Balaban J connectivity index is 1.28. The highest BCUT2D eigenvalue weighted by Crippen LogP contribution is 2.37. The van der Waals surface area contributed by atoms with Gasteiger partial charge in [-0.25, -0.2) is 0 Å². The van der Waals surface area contributed by atoms with Gasteiger partial charge in [0.15, 0.2) is 5.83 Å². The third-order valence-corrected chi connectivity index (χ3v) is 6.95. The van der Waals surface area contributed by atoms with Crippen molar-refractivity contribution in [3.05, 3.63) is 59.4 Å². The second-order valence-corrected chi connectivity index (χ2v) is 9.06. The predicted octanol–water partition coefficient (Wildman–Crippen LogP) is 7.12. The van der Waals surface area contributed by atoms with Crippen LogP contribution in [0.4, 0.5) is 4.39 Å². The summed E-state index contributed by atoms with van der Waals surface area (Å²) < 4.78 is 19.0. The molecule has 1 aromatic carbocycles. The Morgan fingerprint density at radius 1 is 0.968 bits per heavy atom. The summed E-state index contributed by atoms with van der Waals surface area (Å²) in [7, 11) is 0. The molecule has 31 heavy (non-hydrogen) atoms. The van der Waals surface area contributed by atoms with Gasteiger partial charge < -0.3 is 4.74 Å². The summed E-state index contributed by atoms with van der Waals surface area (Å²) in [5.74, 6) is 1.30. The molecule has 0 radical (unpaired) electrons. The quantitative estimate of drug-likeness (QED) is 0.332. The van der Waals surface area contributed by atoms with Crippen molar-refractivity contribution in [3.8, 4) is 12.1 Å². The first-order valence-corrected chi connectivity index (χ1v) is 11.7. The van der Waals surface area contributed by atoms with E-state index in [0.29, 0.717) is 17.9 Å². The molecule has 0 atom stereocenters. The number of ether oxygens (including phenoxy) is 1. The number of rotatable bonds is 8. The maximum Gasteiger partial charge on any atom is 0.199 e. The predicted molar refractivity (Wildman–Crippen MR) is 121 cm³/mol. The zero-order valence-corrected chi connectivity index (χ0v) is 18.3. The lowest BCUT2D eigenvalue weighted by Crippen LogP contribution is -2.25. The molecule has 0 unspecified atom stereocenters. The lowest BCUT2D eigenvalue weighted by atomic mass is 9.79. The zero-order valence-electron chi connectivity index (χ0n) is 18.3. The summed E-state index contributed by atoms with van der Waals surface area (Å²) in [5, 5.41) is 17.3. The van der Waals surface area contributed by atoms with Gasteiger partial charge in [0.05, 0.1) is 17.7 Å². The second kappa shape index (κ2) is 12.4. The number of halogens is 1. The van der Waals surface area contributed by atoms with E-state index in [0.717, 1.165) is 43.8 Å². The standard InChI is InChI=1S/C27H33FN2O/c28-26(19-30)5-3-1-2-4-21-10-16-27(17-11-21)31-20-23-8-14-25(15-9-23)24-12-6-22(18-29)7-13-24/h1,3,5-7,12-13,21,23,25,27H,2,4,8-11,14-17,20H2. The molecule has 2 aliphatic rings. The van der Waals surface area contributed by atoms with E-state index in [-0.39, 0.29) is 0 Å². The molecule has 3 nitrogen and oxygen atoms in total. The van der Waals surface area contributed by atoms with Crippen LogP contribution in [-0.4, -0.2) is 12.7 Å². The average Bonchev–Trinajstić information content (AvgIpc) is 2.83. The van der Waals surface area contributed by atoms with Gasteiger partial charge in [0.2, 0.25) is 0 Å². The third-order valence-electron chi connectivity index (χ3n) is 6.95. The Hall–Kier alpha value is -2.43. The summed E-state index contributed by atoms with van der Waals surface area (Å²) in [5.41, 5.74) is 2.11. The monoisotopic (exact) mass is 420 g/mol. The maximum absolute atomic E-state index is 12.7. The first-order chi connectivity index (χ1) is 15.2. The Bertz CT molecular complexity index is 814. The molecule has 2 aliphatic carbocycles. The van der Waals surface area contributed by atoms with Crippen LogP contribution in [0, 0.1) is 34.5 Å². The van der Waals surface area contributed by atoms with Gasteiger partial charge in [-0.05, 0) is 106 Å². The van der Waals surface area contributed by atoms with Crippen LogP contribution >= 0.6 is 0 Å². The van der Waals surface area contributed by atoms with E-state index in [4.69, 9.17) is 15.3 Å². The lowest BCUT2D eigenvalue weighted by molar-refractivity contribution is -0.00824. The molecular weight excluding hydrogens is 387 g/mol. The molecule has 0 aromatic heterocycles. The fraction of sp³-hybridized carbons (Fsp3) is 0.556. The van der Waals surface area contributed by atoms with Crippen LogP contribution in [0.2, 0.25) is 0 Å². The molecule has 3 rings (SSSR count). The minimum absolute atomic E-state index is 0.413. The highest BCUT2D eigenvalue weighted by molar-refractivity contribution is 5.33. The fourth-order valence-corrected chi connectivity index (χ4v) is 4.97. The summed E-state index contributed by atoms with van der Waals surface area (Å²) in [4.78, 5) is 0. The van der Waals surface area contributed by atoms with Gasteiger partial charge >= 0.3 is 0 Å². The number of allylic oxidation sites excluding steroid dienone is 4. The van der Waals surface area contributed by atoms with Gasteiger partial charge in [-0.2, -0.15) is 14.9 Å². The van der Waals surface area contributed by atoms with E-state index < -0.39 is 5.83 Å². The molecular formula is C27H33FN2O. The topological polar surface area (TPSA) is 56.8 Å². The molecule has 0 amide bonds. The SMILES string of the molecule is N#CC(F)=CC=CCCC1CCC(OCC2CCC(c3ccc(C#N)cc3)CC2)CC1. The van der Waals surface area contributed by atoms with Crippen molar-refractivity contribution < 1.29 is 9.13 Å². The minimum Gasteiger partial charge on any atom is -0.378 e. The Labute approximate surface area is 186 Å². The van der Waals surface area contributed by atoms with Crippen LogP contribution in [0.25, 0.3) is 0 Å². The van der Waals surface area contributed by atoms with Crippen LogP contribution in [0.1, 0.15) is 81.3 Å². The Morgan fingerprint density at radius 3 is 2.29 bits per heavy atom. The minimum atomic E-state index is -0.739. The number of nitrogens with zero attached hydrogens (tertiary/aromatic N) is 2. The van der Waals surface area contributed by atoms with Gasteiger partial charge in [-0.3, -0.25) is 0 Å². The van der Waals surface area contributed by atoms with Gasteiger partial charge in [0, 0.05) is 6.61 Å². The van der Waals surface area contributed by atoms with Crippen molar-refractivity contribution >= 4 is 0 Å². The van der Waals surface area contributed by atoms with Gasteiger partial charge in [-0.1, -0.05) is 24.3 Å². The summed E-state index contributed by atoms with van der Waals surface area (Å²) in [6.07, 6.45) is 16.9. The third kappa shape index (κ3) is 7.64. The van der Waals surface area contributed by atoms with E-state index in [1.54, 1.807) is 6.08 Å². The largest absolute Gasteiger partial charge is 0.378 e. The first kappa shape index (κ1) is 23.2. The van der Waals surface area contributed by atoms with E-state index in [1.807, 2.05) is 18.2 Å². The summed E-state index contributed by atoms with van der Waals surface area (Å²) >= 11 is 0. The van der Waals surface area contributed by atoms with Crippen molar-refractivity contribution in [2.75, 3.05) is 6.61 Å². The molecule has 0 spiro atoms. The van der Waals surface area contributed by atoms with Gasteiger partial charge in [0.25, 0.3) is 0 Å². The van der Waals surface area contributed by atoms with E-state index in [1.165, 1.54) is 56.2 Å². The van der Waals surface area contributed by atoms with E-state index >= 15 is 0 Å². The number of hydrogen-bond donors (Lipinski definition) is 0. The first-order valence-electron chi connectivity index (χ1n) is 11.7. The Kier molecular flexibility index (Phi) is 9.32. The fourth-order valence-electron chi connectivity index (χ4n) is 4.97. The molecule has 0 aliphatic heterocycles. The van der Waals surface area contributed by atoms with Crippen molar-refractivity contribution in [1.29, 1.82) is 10.5 Å². The van der Waals surface area contributed by atoms with Crippen LogP contribution < -0.4 is 0 Å². The molecule has 164 valence electrons. The van der Waals surface area contributed by atoms with Crippen LogP contribution in [-0.2, 0) is 4.74 Å². The smallest absolute Gasteiger partial charge is 0.199 e. The molecule has 0 saturated heterocycles. The summed E-state index contributed by atoms with van der Waals surface area (Å²) in [6, 6.07) is 11.8. The molecule has 4 heteroatoms. The number of hydrogen-bond acceptors (Lipinski definition) is 3. The second-order valence-electron chi connectivity index (χ2n) is 9.06. The Morgan fingerprint density at radius 2 is 1.65 bits per heavy atom. The average molecular weight is 421 g/mol. The van der Waals surface area contributed by atoms with Crippen LogP contribution in [0.3, 0.4) is 0 Å². The lowest BCUT2D eigenvalue weighted by Gasteiger charge is -2.32. The zero-order chi connectivity index (χ0) is 21.9. The van der Waals surface area contributed by atoms with Crippen molar-refractivity contribution in [1.82, 2.24) is 0 Å². The normalized spacial score (nSPS) is 27.0. The molecule has 0 heterocycles. The van der Waals surface area contributed by atoms with Crippen molar-refractivity contribution in [3.63, 3.8) is 0 Å². The van der Waals surface area contributed by atoms with Crippen LogP contribution in [0.15, 0.2) is 48.3 Å². The summed E-state index contributed by atoms with van der Waals surface area (Å²) in [6.45, 7) is 0.898. The van der Waals surface area contributed by atoms with Gasteiger partial charge in [0.1, 0.15) is 6.07 Å². The molecule has 2 fully saturated rings. The van der Waals surface area contributed by atoms with Crippen molar-refractivity contribution in [2.45, 2.75) is 76.2 Å². The van der Waals surface area contributed by atoms with E-state index in [2.05, 4.69) is 18.2 Å². The molecule has 0 N–H and O–H groups in total. The number of benzene rings is 1.